The van der Waals surface area contributed by atoms with Crippen molar-refractivity contribution in [3.63, 3.8) is 0 Å². The molecule has 1 heterocycles. The number of halogens is 1. The van der Waals surface area contributed by atoms with Crippen LogP contribution in [0, 0.1) is 13.8 Å². The summed E-state index contributed by atoms with van der Waals surface area (Å²) in [4.78, 5) is 11.8. The number of carbonyl (C=O) groups excluding carboxylic acids is 1. The fourth-order valence-corrected chi connectivity index (χ4v) is 2.00. The first kappa shape index (κ1) is 12.9. The van der Waals surface area contributed by atoms with Crippen molar-refractivity contribution in [2.75, 3.05) is 0 Å². The van der Waals surface area contributed by atoms with Crippen molar-refractivity contribution in [1.82, 2.24) is 5.32 Å². The molecule has 94 valence electrons. The van der Waals surface area contributed by atoms with Crippen molar-refractivity contribution < 1.29 is 9.21 Å². The molecule has 1 aromatic heterocycles. The maximum atomic E-state index is 11.8. The van der Waals surface area contributed by atoms with E-state index in [4.69, 9.17) is 4.42 Å². The van der Waals surface area contributed by atoms with Crippen molar-refractivity contribution in [2.24, 2.45) is 0 Å². The van der Waals surface area contributed by atoms with Crippen LogP contribution >= 0.6 is 15.9 Å². The van der Waals surface area contributed by atoms with Crippen LogP contribution in [0.15, 0.2) is 39.4 Å². The monoisotopic (exact) mass is 307 g/mol. The van der Waals surface area contributed by atoms with Gasteiger partial charge >= 0.3 is 0 Å². The zero-order chi connectivity index (χ0) is 13.1. The van der Waals surface area contributed by atoms with Crippen LogP contribution in [-0.2, 0) is 6.54 Å². The Kier molecular flexibility index (Phi) is 3.87. The van der Waals surface area contributed by atoms with Gasteiger partial charge in [0.1, 0.15) is 0 Å². The molecule has 18 heavy (non-hydrogen) atoms. The summed E-state index contributed by atoms with van der Waals surface area (Å²) in [6.07, 6.45) is 0. The quantitative estimate of drug-likeness (QED) is 0.941. The second-order valence-corrected chi connectivity index (χ2v) is 5.00. The molecule has 1 amide bonds. The number of hydrogen-bond donors (Lipinski definition) is 1. The van der Waals surface area contributed by atoms with E-state index in [0.717, 1.165) is 5.56 Å². The van der Waals surface area contributed by atoms with Crippen LogP contribution in [0.25, 0.3) is 0 Å². The first-order chi connectivity index (χ1) is 8.56. The summed E-state index contributed by atoms with van der Waals surface area (Å²) in [6.45, 7) is 4.57. The smallest absolute Gasteiger partial charge is 0.287 e. The first-order valence-corrected chi connectivity index (χ1v) is 6.45. The maximum Gasteiger partial charge on any atom is 0.287 e. The van der Waals surface area contributed by atoms with Crippen LogP contribution in [-0.4, -0.2) is 5.91 Å². The first-order valence-electron chi connectivity index (χ1n) is 5.66. The summed E-state index contributed by atoms with van der Waals surface area (Å²) in [6, 6.07) is 9.54. The number of hydrogen-bond acceptors (Lipinski definition) is 2. The van der Waals surface area contributed by atoms with Gasteiger partial charge in [-0.3, -0.25) is 4.79 Å². The number of rotatable bonds is 3. The lowest BCUT2D eigenvalue weighted by molar-refractivity contribution is 0.0922. The van der Waals surface area contributed by atoms with Crippen molar-refractivity contribution in [3.05, 3.63) is 57.5 Å². The SMILES string of the molecule is Cc1ccc(C)c(CNC(=O)c2ccc(Br)o2)c1. The van der Waals surface area contributed by atoms with E-state index >= 15 is 0 Å². The summed E-state index contributed by atoms with van der Waals surface area (Å²) in [5, 5.41) is 2.84. The summed E-state index contributed by atoms with van der Waals surface area (Å²) < 4.78 is 5.75. The minimum Gasteiger partial charge on any atom is -0.444 e. The Labute approximate surface area is 114 Å². The van der Waals surface area contributed by atoms with E-state index in [0.29, 0.717) is 17.0 Å². The van der Waals surface area contributed by atoms with E-state index < -0.39 is 0 Å². The van der Waals surface area contributed by atoms with Crippen LogP contribution in [0.3, 0.4) is 0 Å². The predicted octanol–water partition coefficient (Wildman–Crippen LogP) is 3.59. The molecule has 2 aromatic rings. The van der Waals surface area contributed by atoms with Gasteiger partial charge in [0.25, 0.3) is 5.91 Å². The van der Waals surface area contributed by atoms with Crippen molar-refractivity contribution in [1.29, 1.82) is 0 Å². The van der Waals surface area contributed by atoms with Gasteiger partial charge in [0.2, 0.25) is 0 Å². The van der Waals surface area contributed by atoms with Gasteiger partial charge in [-0.2, -0.15) is 0 Å². The molecule has 0 atom stereocenters. The molecule has 0 saturated carbocycles. The highest BCUT2D eigenvalue weighted by Gasteiger charge is 2.10. The highest BCUT2D eigenvalue weighted by atomic mass is 79.9. The second kappa shape index (κ2) is 5.40. The Morgan fingerprint density at radius 3 is 2.72 bits per heavy atom. The molecular weight excluding hydrogens is 294 g/mol. The number of nitrogens with one attached hydrogen (secondary N) is 1. The molecule has 1 N–H and O–H groups in total. The molecule has 0 spiro atoms. The minimum absolute atomic E-state index is 0.207. The Balaban J connectivity index is 2.03. The average Bonchev–Trinajstić information content (AvgIpc) is 2.77. The maximum absolute atomic E-state index is 11.8. The third kappa shape index (κ3) is 3.01. The summed E-state index contributed by atoms with van der Waals surface area (Å²) >= 11 is 3.17. The average molecular weight is 308 g/mol. The standard InChI is InChI=1S/C14H14BrNO2/c1-9-3-4-10(2)11(7-9)8-16-14(17)12-5-6-13(15)18-12/h3-7H,8H2,1-2H3,(H,16,17). The molecule has 4 heteroatoms. The van der Waals surface area contributed by atoms with Gasteiger partial charge in [-0.15, -0.1) is 0 Å². The van der Waals surface area contributed by atoms with Gasteiger partial charge in [-0.25, -0.2) is 0 Å². The Bertz CT molecular complexity index is 575. The van der Waals surface area contributed by atoms with Gasteiger partial charge < -0.3 is 9.73 Å². The number of furan rings is 1. The minimum atomic E-state index is -0.207. The summed E-state index contributed by atoms with van der Waals surface area (Å²) in [7, 11) is 0. The number of benzene rings is 1. The Morgan fingerprint density at radius 1 is 1.28 bits per heavy atom. The van der Waals surface area contributed by atoms with Gasteiger partial charge in [-0.05, 0) is 53.0 Å². The molecule has 0 unspecified atom stereocenters. The van der Waals surface area contributed by atoms with E-state index in [1.807, 2.05) is 13.8 Å². The Hall–Kier alpha value is -1.55. The highest BCUT2D eigenvalue weighted by Crippen LogP contribution is 2.14. The van der Waals surface area contributed by atoms with Crippen molar-refractivity contribution in [2.45, 2.75) is 20.4 Å². The Morgan fingerprint density at radius 2 is 2.06 bits per heavy atom. The number of carbonyl (C=O) groups is 1. The topological polar surface area (TPSA) is 42.2 Å². The van der Waals surface area contributed by atoms with Crippen molar-refractivity contribution >= 4 is 21.8 Å². The van der Waals surface area contributed by atoms with E-state index in [-0.39, 0.29) is 5.91 Å². The van der Waals surface area contributed by atoms with Crippen LogP contribution < -0.4 is 5.32 Å². The van der Waals surface area contributed by atoms with Gasteiger partial charge in [0.15, 0.2) is 10.4 Å². The molecule has 0 aliphatic carbocycles. The molecule has 0 aliphatic heterocycles. The lowest BCUT2D eigenvalue weighted by Gasteiger charge is -2.08. The van der Waals surface area contributed by atoms with Gasteiger partial charge in [0, 0.05) is 6.54 Å². The van der Waals surface area contributed by atoms with Crippen LogP contribution in [0.2, 0.25) is 0 Å². The molecule has 0 aliphatic rings. The third-order valence-corrected chi connectivity index (χ3v) is 3.17. The summed E-state index contributed by atoms with van der Waals surface area (Å²) in [5.74, 6) is 0.105. The van der Waals surface area contributed by atoms with E-state index in [1.54, 1.807) is 12.1 Å². The lowest BCUT2D eigenvalue weighted by Crippen LogP contribution is -2.22. The third-order valence-electron chi connectivity index (χ3n) is 2.74. The van der Waals surface area contributed by atoms with Crippen molar-refractivity contribution in [3.8, 4) is 0 Å². The number of amides is 1. The van der Waals surface area contributed by atoms with E-state index in [2.05, 4.69) is 39.4 Å². The molecule has 0 bridgehead atoms. The molecule has 3 nitrogen and oxygen atoms in total. The molecule has 1 aromatic carbocycles. The normalized spacial score (nSPS) is 10.4. The zero-order valence-electron chi connectivity index (χ0n) is 10.3. The van der Waals surface area contributed by atoms with Gasteiger partial charge in [-0.1, -0.05) is 23.8 Å². The van der Waals surface area contributed by atoms with Crippen LogP contribution in [0.5, 0.6) is 0 Å². The highest BCUT2D eigenvalue weighted by molar-refractivity contribution is 9.10. The summed E-state index contributed by atoms with van der Waals surface area (Å²) in [5.41, 5.74) is 3.47. The molecule has 0 radical (unpaired) electrons. The van der Waals surface area contributed by atoms with E-state index in [1.165, 1.54) is 11.1 Å². The van der Waals surface area contributed by atoms with Crippen LogP contribution in [0.1, 0.15) is 27.2 Å². The largest absolute Gasteiger partial charge is 0.444 e. The van der Waals surface area contributed by atoms with Gasteiger partial charge in [0.05, 0.1) is 0 Å². The molecule has 0 fully saturated rings. The molecular formula is C14H14BrNO2. The molecule has 0 saturated heterocycles. The fourth-order valence-electron chi connectivity index (χ4n) is 1.69. The lowest BCUT2D eigenvalue weighted by atomic mass is 10.1. The van der Waals surface area contributed by atoms with Crippen LogP contribution in [0.4, 0.5) is 0 Å². The molecule has 2 rings (SSSR count). The fraction of sp³-hybridized carbons (Fsp3) is 0.214. The number of aryl methyl sites for hydroxylation is 2. The predicted molar refractivity (Wildman–Crippen MR) is 73.5 cm³/mol. The second-order valence-electron chi connectivity index (χ2n) is 4.22. The zero-order valence-corrected chi connectivity index (χ0v) is 11.9. The van der Waals surface area contributed by atoms with E-state index in [9.17, 15) is 4.79 Å².